The van der Waals surface area contributed by atoms with Gasteiger partial charge in [-0.05, 0) is 25.2 Å². The SMILES string of the molecule is CC(C)CC(=O)N1C2CCC1C(C(=O)O)C2. The Morgan fingerprint density at radius 1 is 1.38 bits per heavy atom. The summed E-state index contributed by atoms with van der Waals surface area (Å²) in [5.41, 5.74) is 0. The molecule has 1 N–H and O–H groups in total. The summed E-state index contributed by atoms with van der Waals surface area (Å²) in [6.45, 7) is 4.04. The van der Waals surface area contributed by atoms with E-state index in [-0.39, 0.29) is 23.9 Å². The molecule has 4 nitrogen and oxygen atoms in total. The lowest BCUT2D eigenvalue weighted by atomic mass is 9.89. The maximum atomic E-state index is 12.0. The lowest BCUT2D eigenvalue weighted by molar-refractivity contribution is -0.143. The smallest absolute Gasteiger partial charge is 0.308 e. The first kappa shape index (κ1) is 11.4. The molecule has 3 unspecified atom stereocenters. The number of nitrogens with zero attached hydrogens (tertiary/aromatic N) is 1. The van der Waals surface area contributed by atoms with Crippen LogP contribution in [0.2, 0.25) is 0 Å². The van der Waals surface area contributed by atoms with Crippen molar-refractivity contribution in [3.8, 4) is 0 Å². The van der Waals surface area contributed by atoms with Crippen molar-refractivity contribution >= 4 is 11.9 Å². The molecule has 0 radical (unpaired) electrons. The standard InChI is InChI=1S/C12H19NO3/c1-7(2)5-11(14)13-8-3-4-10(13)9(6-8)12(15)16/h7-10H,3-6H2,1-2H3,(H,15,16). The first-order valence-corrected chi connectivity index (χ1v) is 6.04. The fourth-order valence-electron chi connectivity index (χ4n) is 3.10. The van der Waals surface area contributed by atoms with Crippen molar-refractivity contribution in [1.82, 2.24) is 4.90 Å². The Balaban J connectivity index is 2.07. The Labute approximate surface area is 95.6 Å². The van der Waals surface area contributed by atoms with Gasteiger partial charge in [0.1, 0.15) is 0 Å². The van der Waals surface area contributed by atoms with Gasteiger partial charge in [-0.3, -0.25) is 9.59 Å². The van der Waals surface area contributed by atoms with Gasteiger partial charge in [-0.2, -0.15) is 0 Å². The van der Waals surface area contributed by atoms with Crippen LogP contribution in [0.1, 0.15) is 39.5 Å². The third-order valence-corrected chi connectivity index (χ3v) is 3.72. The normalized spacial score (nSPS) is 32.4. The minimum atomic E-state index is -0.741. The number of rotatable bonds is 3. The average Bonchev–Trinajstić information content (AvgIpc) is 2.72. The van der Waals surface area contributed by atoms with E-state index in [1.165, 1.54) is 0 Å². The van der Waals surface area contributed by atoms with Gasteiger partial charge in [0.15, 0.2) is 0 Å². The van der Waals surface area contributed by atoms with Crippen LogP contribution in [0.3, 0.4) is 0 Å². The lowest BCUT2D eigenvalue weighted by Crippen LogP contribution is -2.38. The zero-order valence-electron chi connectivity index (χ0n) is 9.85. The maximum absolute atomic E-state index is 12.0. The summed E-state index contributed by atoms with van der Waals surface area (Å²) < 4.78 is 0. The molecule has 4 heteroatoms. The molecular formula is C12H19NO3. The number of hydrogen-bond acceptors (Lipinski definition) is 2. The Morgan fingerprint density at radius 2 is 2.06 bits per heavy atom. The monoisotopic (exact) mass is 225 g/mol. The van der Waals surface area contributed by atoms with Crippen LogP contribution in [-0.2, 0) is 9.59 Å². The van der Waals surface area contributed by atoms with Crippen LogP contribution in [0.4, 0.5) is 0 Å². The highest BCUT2D eigenvalue weighted by molar-refractivity contribution is 5.80. The molecule has 1 amide bonds. The van der Waals surface area contributed by atoms with E-state index < -0.39 is 5.97 Å². The summed E-state index contributed by atoms with van der Waals surface area (Å²) in [5, 5.41) is 9.08. The van der Waals surface area contributed by atoms with E-state index in [1.807, 2.05) is 18.7 Å². The first-order valence-electron chi connectivity index (χ1n) is 6.04. The van der Waals surface area contributed by atoms with Crippen LogP contribution in [0.25, 0.3) is 0 Å². The number of carboxylic acid groups (broad SMARTS) is 1. The van der Waals surface area contributed by atoms with Crippen molar-refractivity contribution in [2.24, 2.45) is 11.8 Å². The van der Waals surface area contributed by atoms with E-state index in [4.69, 9.17) is 5.11 Å². The van der Waals surface area contributed by atoms with Crippen LogP contribution in [-0.4, -0.2) is 34.0 Å². The number of carbonyl (C=O) groups excluding carboxylic acids is 1. The van der Waals surface area contributed by atoms with Crippen molar-refractivity contribution in [1.29, 1.82) is 0 Å². The molecule has 0 aliphatic carbocycles. The molecule has 2 bridgehead atoms. The van der Waals surface area contributed by atoms with Gasteiger partial charge in [0.05, 0.1) is 5.92 Å². The van der Waals surface area contributed by atoms with E-state index in [1.54, 1.807) is 0 Å². The van der Waals surface area contributed by atoms with Crippen LogP contribution >= 0.6 is 0 Å². The van der Waals surface area contributed by atoms with Gasteiger partial charge >= 0.3 is 5.97 Å². The highest BCUT2D eigenvalue weighted by Crippen LogP contribution is 2.42. The van der Waals surface area contributed by atoms with E-state index in [0.717, 1.165) is 12.8 Å². The minimum Gasteiger partial charge on any atom is -0.481 e. The molecule has 2 saturated heterocycles. The molecule has 2 aliphatic rings. The molecule has 16 heavy (non-hydrogen) atoms. The highest BCUT2D eigenvalue weighted by Gasteiger charge is 2.50. The fourth-order valence-corrected chi connectivity index (χ4v) is 3.10. The molecule has 0 aromatic carbocycles. The largest absolute Gasteiger partial charge is 0.481 e. The molecule has 0 saturated carbocycles. The second-order valence-corrected chi connectivity index (χ2v) is 5.38. The molecule has 3 atom stereocenters. The number of amides is 1. The second-order valence-electron chi connectivity index (χ2n) is 5.38. The summed E-state index contributed by atoms with van der Waals surface area (Å²) in [4.78, 5) is 24.9. The summed E-state index contributed by atoms with van der Waals surface area (Å²) in [7, 11) is 0. The highest BCUT2D eigenvalue weighted by atomic mass is 16.4. The van der Waals surface area contributed by atoms with Crippen LogP contribution in [0.15, 0.2) is 0 Å². The summed E-state index contributed by atoms with van der Waals surface area (Å²) in [6, 6.07) is 0.158. The predicted molar refractivity (Wildman–Crippen MR) is 58.9 cm³/mol. The van der Waals surface area contributed by atoms with Gasteiger partial charge in [-0.15, -0.1) is 0 Å². The van der Waals surface area contributed by atoms with Gasteiger partial charge in [-0.25, -0.2) is 0 Å². The third-order valence-electron chi connectivity index (χ3n) is 3.72. The van der Waals surface area contributed by atoms with Crippen LogP contribution in [0, 0.1) is 11.8 Å². The van der Waals surface area contributed by atoms with Crippen molar-refractivity contribution < 1.29 is 14.7 Å². The van der Waals surface area contributed by atoms with E-state index in [9.17, 15) is 9.59 Å². The first-order chi connectivity index (χ1) is 7.50. The average molecular weight is 225 g/mol. The molecule has 2 fully saturated rings. The van der Waals surface area contributed by atoms with Crippen molar-refractivity contribution in [3.63, 3.8) is 0 Å². The van der Waals surface area contributed by atoms with Gasteiger partial charge in [-0.1, -0.05) is 13.8 Å². The number of carbonyl (C=O) groups is 2. The molecule has 0 aromatic rings. The Kier molecular flexibility index (Phi) is 2.91. The summed E-state index contributed by atoms with van der Waals surface area (Å²) in [5.74, 6) is -0.577. The minimum absolute atomic E-state index is 0.0336. The van der Waals surface area contributed by atoms with Crippen molar-refractivity contribution in [3.05, 3.63) is 0 Å². The summed E-state index contributed by atoms with van der Waals surface area (Å²) in [6.07, 6.45) is 3.05. The molecular weight excluding hydrogens is 206 g/mol. The fraction of sp³-hybridized carbons (Fsp3) is 0.833. The maximum Gasteiger partial charge on any atom is 0.308 e. The van der Waals surface area contributed by atoms with Crippen molar-refractivity contribution in [2.75, 3.05) is 0 Å². The van der Waals surface area contributed by atoms with E-state index in [2.05, 4.69) is 0 Å². The number of fused-ring (bicyclic) bond motifs is 2. The molecule has 0 spiro atoms. The summed E-state index contributed by atoms with van der Waals surface area (Å²) >= 11 is 0. The van der Waals surface area contributed by atoms with Gasteiger partial charge < -0.3 is 10.0 Å². The molecule has 2 aliphatic heterocycles. The molecule has 90 valence electrons. The van der Waals surface area contributed by atoms with Gasteiger partial charge in [0, 0.05) is 18.5 Å². The topological polar surface area (TPSA) is 57.6 Å². The molecule has 0 aromatic heterocycles. The Morgan fingerprint density at radius 3 is 2.56 bits per heavy atom. The van der Waals surface area contributed by atoms with E-state index >= 15 is 0 Å². The third kappa shape index (κ3) is 1.81. The molecule has 2 rings (SSSR count). The van der Waals surface area contributed by atoms with Crippen molar-refractivity contribution in [2.45, 2.75) is 51.6 Å². The quantitative estimate of drug-likeness (QED) is 0.791. The zero-order chi connectivity index (χ0) is 11.9. The second kappa shape index (κ2) is 4.07. The number of carboxylic acids is 1. The number of hydrogen-bond donors (Lipinski definition) is 1. The lowest BCUT2D eigenvalue weighted by Gasteiger charge is -2.23. The van der Waals surface area contributed by atoms with Gasteiger partial charge in [0.2, 0.25) is 5.91 Å². The Hall–Kier alpha value is -1.06. The van der Waals surface area contributed by atoms with Crippen LogP contribution in [0.5, 0.6) is 0 Å². The predicted octanol–water partition coefficient (Wildman–Crippen LogP) is 1.50. The van der Waals surface area contributed by atoms with Gasteiger partial charge in [0.25, 0.3) is 0 Å². The number of aliphatic carboxylic acids is 1. The van der Waals surface area contributed by atoms with E-state index in [0.29, 0.717) is 18.8 Å². The Bertz CT molecular complexity index is 313. The molecule has 2 heterocycles. The zero-order valence-corrected chi connectivity index (χ0v) is 9.85. The van der Waals surface area contributed by atoms with Crippen LogP contribution < -0.4 is 0 Å².